The smallest absolute Gasteiger partial charge is 0.161 e. The van der Waals surface area contributed by atoms with E-state index in [4.69, 9.17) is 9.47 Å². The zero-order valence-electron chi connectivity index (χ0n) is 11.5. The fourth-order valence-corrected chi connectivity index (χ4v) is 2.33. The molecule has 6 nitrogen and oxygen atoms in total. The van der Waals surface area contributed by atoms with Gasteiger partial charge in [0.25, 0.3) is 0 Å². The van der Waals surface area contributed by atoms with E-state index in [-0.39, 0.29) is 6.10 Å². The molecule has 0 bridgehead atoms. The molecule has 1 atom stereocenters. The summed E-state index contributed by atoms with van der Waals surface area (Å²) in [7, 11) is 1.68. The minimum absolute atomic E-state index is 0.0269. The van der Waals surface area contributed by atoms with Crippen LogP contribution in [0.5, 0.6) is 0 Å². The third-order valence-electron chi connectivity index (χ3n) is 3.31. The lowest BCUT2D eigenvalue weighted by Gasteiger charge is -2.10. The van der Waals surface area contributed by atoms with Gasteiger partial charge in [0.05, 0.1) is 18.5 Å². The Morgan fingerprint density at radius 1 is 1.50 bits per heavy atom. The Morgan fingerprint density at radius 3 is 3.15 bits per heavy atom. The van der Waals surface area contributed by atoms with Gasteiger partial charge in [0.1, 0.15) is 6.10 Å². The van der Waals surface area contributed by atoms with Gasteiger partial charge in [-0.1, -0.05) is 0 Å². The molecule has 0 spiro atoms. The van der Waals surface area contributed by atoms with Crippen LogP contribution in [0.3, 0.4) is 0 Å². The Labute approximate surface area is 117 Å². The highest BCUT2D eigenvalue weighted by Gasteiger charge is 2.25. The van der Waals surface area contributed by atoms with Crippen molar-refractivity contribution >= 4 is 0 Å². The summed E-state index contributed by atoms with van der Waals surface area (Å²) in [5.74, 6) is 1.64. The van der Waals surface area contributed by atoms with Crippen LogP contribution in [0.15, 0.2) is 24.5 Å². The lowest BCUT2D eigenvalue weighted by molar-refractivity contribution is 0.103. The minimum Gasteiger partial charge on any atom is -0.384 e. The van der Waals surface area contributed by atoms with Crippen molar-refractivity contribution in [1.82, 2.24) is 19.7 Å². The van der Waals surface area contributed by atoms with E-state index in [0.717, 1.165) is 36.8 Å². The van der Waals surface area contributed by atoms with Crippen LogP contribution < -0.4 is 0 Å². The van der Waals surface area contributed by atoms with E-state index >= 15 is 0 Å². The molecule has 106 valence electrons. The molecule has 2 aromatic rings. The highest BCUT2D eigenvalue weighted by atomic mass is 16.5. The zero-order chi connectivity index (χ0) is 13.8. The maximum atomic E-state index is 5.74. The fraction of sp³-hybridized carbons (Fsp3) is 0.500. The molecule has 0 aliphatic carbocycles. The van der Waals surface area contributed by atoms with Crippen LogP contribution in [-0.2, 0) is 15.9 Å². The number of rotatable bonds is 5. The number of ether oxygens (including phenoxy) is 2. The highest BCUT2D eigenvalue weighted by molar-refractivity contribution is 5.28. The number of aromatic nitrogens is 4. The molecule has 3 heterocycles. The predicted molar refractivity (Wildman–Crippen MR) is 72.7 cm³/mol. The molecule has 2 aromatic heterocycles. The summed E-state index contributed by atoms with van der Waals surface area (Å²) in [4.78, 5) is 8.77. The molecule has 0 N–H and O–H groups in total. The van der Waals surface area contributed by atoms with E-state index < -0.39 is 0 Å². The summed E-state index contributed by atoms with van der Waals surface area (Å²) in [5.41, 5.74) is 0.911. The normalized spacial score (nSPS) is 18.6. The molecule has 0 saturated carbocycles. The van der Waals surface area contributed by atoms with Gasteiger partial charge in [0, 0.05) is 26.3 Å². The van der Waals surface area contributed by atoms with Crippen molar-refractivity contribution in [2.45, 2.75) is 25.4 Å². The molecule has 1 fully saturated rings. The van der Waals surface area contributed by atoms with Gasteiger partial charge in [0.15, 0.2) is 11.6 Å². The second-order valence-electron chi connectivity index (χ2n) is 4.75. The molecule has 1 saturated heterocycles. The zero-order valence-corrected chi connectivity index (χ0v) is 11.5. The van der Waals surface area contributed by atoms with Gasteiger partial charge >= 0.3 is 0 Å². The summed E-state index contributed by atoms with van der Waals surface area (Å²) in [6.07, 6.45) is 6.31. The van der Waals surface area contributed by atoms with Crippen LogP contribution in [0, 0.1) is 0 Å². The maximum Gasteiger partial charge on any atom is 0.161 e. The summed E-state index contributed by atoms with van der Waals surface area (Å²) in [5, 5.41) is 4.57. The van der Waals surface area contributed by atoms with E-state index in [1.165, 1.54) is 0 Å². The molecular formula is C14H18N4O2. The van der Waals surface area contributed by atoms with Crippen LogP contribution in [0.25, 0.3) is 5.69 Å². The third kappa shape index (κ3) is 2.71. The largest absolute Gasteiger partial charge is 0.384 e. The monoisotopic (exact) mass is 274 g/mol. The number of nitrogens with zero attached hydrogens (tertiary/aromatic N) is 4. The van der Waals surface area contributed by atoms with Crippen molar-refractivity contribution in [2.24, 2.45) is 0 Å². The van der Waals surface area contributed by atoms with Crippen LogP contribution in [0.4, 0.5) is 0 Å². The Bertz CT molecular complexity index is 550. The molecular weight excluding hydrogens is 256 g/mol. The van der Waals surface area contributed by atoms with E-state index in [9.17, 15) is 0 Å². The van der Waals surface area contributed by atoms with Crippen molar-refractivity contribution in [1.29, 1.82) is 0 Å². The van der Waals surface area contributed by atoms with Crippen molar-refractivity contribution in [3.63, 3.8) is 0 Å². The fourth-order valence-electron chi connectivity index (χ4n) is 2.33. The lowest BCUT2D eigenvalue weighted by Crippen LogP contribution is -2.08. The topological polar surface area (TPSA) is 62.1 Å². The van der Waals surface area contributed by atoms with Gasteiger partial charge in [-0.3, -0.25) is 4.98 Å². The Kier molecular flexibility index (Phi) is 4.03. The van der Waals surface area contributed by atoms with Gasteiger partial charge in [-0.15, -0.1) is 0 Å². The second-order valence-corrected chi connectivity index (χ2v) is 4.75. The molecule has 6 heteroatoms. The minimum atomic E-state index is 0.0269. The number of hydrogen-bond acceptors (Lipinski definition) is 5. The van der Waals surface area contributed by atoms with Crippen molar-refractivity contribution in [3.05, 3.63) is 36.2 Å². The maximum absolute atomic E-state index is 5.74. The molecule has 20 heavy (non-hydrogen) atoms. The van der Waals surface area contributed by atoms with Crippen LogP contribution in [-0.4, -0.2) is 40.1 Å². The van der Waals surface area contributed by atoms with Gasteiger partial charge in [-0.2, -0.15) is 5.10 Å². The summed E-state index contributed by atoms with van der Waals surface area (Å²) in [6.45, 7) is 1.40. The predicted octanol–water partition coefficient (Wildman–Crippen LogP) is 1.70. The first-order valence-corrected chi connectivity index (χ1v) is 6.85. The van der Waals surface area contributed by atoms with Crippen LogP contribution in [0.2, 0.25) is 0 Å². The Hall–Kier alpha value is -1.79. The van der Waals surface area contributed by atoms with Crippen molar-refractivity contribution in [3.8, 4) is 5.69 Å². The molecule has 1 aliphatic heterocycles. The SMILES string of the molecule is COCCc1nc([C@@H]2CCCO2)n(-c2cccnc2)n1. The van der Waals surface area contributed by atoms with E-state index in [0.29, 0.717) is 13.0 Å². The third-order valence-corrected chi connectivity index (χ3v) is 3.31. The lowest BCUT2D eigenvalue weighted by atomic mass is 10.2. The van der Waals surface area contributed by atoms with Crippen LogP contribution >= 0.6 is 0 Å². The Morgan fingerprint density at radius 2 is 2.45 bits per heavy atom. The van der Waals surface area contributed by atoms with Crippen LogP contribution in [0.1, 0.15) is 30.6 Å². The molecule has 3 rings (SSSR count). The molecule has 0 unspecified atom stereocenters. The van der Waals surface area contributed by atoms with Gasteiger partial charge in [-0.25, -0.2) is 9.67 Å². The van der Waals surface area contributed by atoms with Gasteiger partial charge in [0.2, 0.25) is 0 Å². The first kappa shape index (κ1) is 13.2. The quantitative estimate of drug-likeness (QED) is 0.830. The average molecular weight is 274 g/mol. The summed E-state index contributed by atoms with van der Waals surface area (Å²) < 4.78 is 12.7. The van der Waals surface area contributed by atoms with E-state index in [2.05, 4.69) is 15.1 Å². The second kappa shape index (κ2) is 6.11. The van der Waals surface area contributed by atoms with E-state index in [1.807, 2.05) is 16.8 Å². The van der Waals surface area contributed by atoms with Gasteiger partial charge in [-0.05, 0) is 25.0 Å². The van der Waals surface area contributed by atoms with Crippen molar-refractivity contribution < 1.29 is 9.47 Å². The average Bonchev–Trinajstić information content (AvgIpc) is 3.15. The summed E-state index contributed by atoms with van der Waals surface area (Å²) in [6, 6.07) is 3.87. The standard InChI is InChI=1S/C14H18N4O2/c1-19-9-6-13-16-14(12-5-3-8-20-12)18(17-13)11-4-2-7-15-10-11/h2,4,7,10,12H,3,5-6,8-9H2,1H3/t12-/m0/s1. The number of methoxy groups -OCH3 is 1. The van der Waals surface area contributed by atoms with Crippen molar-refractivity contribution in [2.75, 3.05) is 20.3 Å². The molecule has 0 aromatic carbocycles. The molecule has 0 radical (unpaired) electrons. The first-order valence-electron chi connectivity index (χ1n) is 6.85. The highest BCUT2D eigenvalue weighted by Crippen LogP contribution is 2.28. The first-order chi connectivity index (χ1) is 9.88. The van der Waals surface area contributed by atoms with E-state index in [1.54, 1.807) is 19.5 Å². The number of hydrogen-bond donors (Lipinski definition) is 0. The number of pyridine rings is 1. The molecule has 1 aliphatic rings. The summed E-state index contributed by atoms with van der Waals surface area (Å²) >= 11 is 0. The van der Waals surface area contributed by atoms with Gasteiger partial charge < -0.3 is 9.47 Å². The molecule has 0 amide bonds. The Balaban J connectivity index is 1.95.